The van der Waals surface area contributed by atoms with Gasteiger partial charge in [-0.25, -0.2) is 18.4 Å². The van der Waals surface area contributed by atoms with E-state index in [9.17, 15) is 23.2 Å². The molecule has 1 saturated heterocycles. The predicted octanol–water partition coefficient (Wildman–Crippen LogP) is 4.95. The Labute approximate surface area is 229 Å². The lowest BCUT2D eigenvalue weighted by atomic mass is 9.89. The lowest BCUT2D eigenvalue weighted by molar-refractivity contribution is 0.0651. The van der Waals surface area contributed by atoms with E-state index < -0.39 is 23.6 Å². The third-order valence-corrected chi connectivity index (χ3v) is 6.37. The monoisotopic (exact) mass is 555 g/mol. The number of anilines is 2. The van der Waals surface area contributed by atoms with E-state index in [0.29, 0.717) is 11.3 Å². The average Bonchev–Trinajstić information content (AvgIpc) is 2.88. The maximum Gasteiger partial charge on any atom is 0.336 e. The van der Waals surface area contributed by atoms with Crippen molar-refractivity contribution >= 4 is 46.4 Å². The molecular formula is C28H27F2N3O5S. The van der Waals surface area contributed by atoms with E-state index in [2.05, 4.69) is 4.90 Å². The van der Waals surface area contributed by atoms with E-state index in [1.54, 1.807) is 24.3 Å². The summed E-state index contributed by atoms with van der Waals surface area (Å²) in [5.74, 6) is -3.88. The molecule has 4 N–H and O–H groups in total. The van der Waals surface area contributed by atoms with Gasteiger partial charge in [0.05, 0.1) is 16.8 Å². The van der Waals surface area contributed by atoms with Gasteiger partial charge in [0.15, 0.2) is 10.9 Å². The molecule has 204 valence electrons. The quantitative estimate of drug-likeness (QED) is 0.286. The van der Waals surface area contributed by atoms with Crippen LogP contribution < -0.4 is 10.6 Å². The molecule has 0 saturated carbocycles. The molecule has 0 unspecified atom stereocenters. The molecule has 0 aliphatic carbocycles. The molecule has 1 heterocycles. The van der Waals surface area contributed by atoms with E-state index in [0.717, 1.165) is 44.1 Å². The number of ketones is 1. The van der Waals surface area contributed by atoms with Crippen molar-refractivity contribution in [2.75, 3.05) is 25.0 Å². The molecule has 0 spiro atoms. The number of benzene rings is 3. The van der Waals surface area contributed by atoms with Crippen molar-refractivity contribution in [1.82, 2.24) is 4.90 Å². The Morgan fingerprint density at radius 3 is 1.90 bits per heavy atom. The Hall–Kier alpha value is -4.22. The van der Waals surface area contributed by atoms with Crippen LogP contribution in [0, 0.1) is 17.6 Å². The average molecular weight is 556 g/mol. The van der Waals surface area contributed by atoms with Crippen LogP contribution in [0.3, 0.4) is 0 Å². The molecule has 0 bridgehead atoms. The van der Waals surface area contributed by atoms with Gasteiger partial charge in [-0.2, -0.15) is 0 Å². The van der Waals surface area contributed by atoms with E-state index >= 15 is 0 Å². The first-order valence-corrected chi connectivity index (χ1v) is 12.3. The van der Waals surface area contributed by atoms with Crippen molar-refractivity contribution in [3.63, 3.8) is 0 Å². The molecule has 3 aromatic carbocycles. The second kappa shape index (κ2) is 13.0. The molecule has 1 aliphatic rings. The number of aromatic carboxylic acids is 2. The fourth-order valence-electron chi connectivity index (χ4n) is 4.23. The Morgan fingerprint density at radius 2 is 1.41 bits per heavy atom. The van der Waals surface area contributed by atoms with Gasteiger partial charge in [0.1, 0.15) is 11.6 Å². The molecule has 39 heavy (non-hydrogen) atoms. The highest BCUT2D eigenvalue weighted by Crippen LogP contribution is 2.29. The molecule has 1 aliphatic heterocycles. The summed E-state index contributed by atoms with van der Waals surface area (Å²) in [7, 11) is 2.04. The van der Waals surface area contributed by atoms with Crippen LogP contribution in [0.2, 0.25) is 0 Å². The number of halogens is 2. The summed E-state index contributed by atoms with van der Waals surface area (Å²) in [5.41, 5.74) is 6.63. The molecule has 11 heteroatoms. The minimum absolute atomic E-state index is 0.0265. The molecule has 0 amide bonds. The van der Waals surface area contributed by atoms with E-state index in [1.807, 2.05) is 7.05 Å². The van der Waals surface area contributed by atoms with Crippen LogP contribution in [0.1, 0.15) is 43.9 Å². The van der Waals surface area contributed by atoms with Gasteiger partial charge < -0.3 is 20.8 Å². The third-order valence-electron chi connectivity index (χ3n) is 6.19. The number of nitrogens with two attached hydrogens (primary N) is 1. The second-order valence-corrected chi connectivity index (χ2v) is 9.37. The van der Waals surface area contributed by atoms with Gasteiger partial charge in [0.2, 0.25) is 0 Å². The van der Waals surface area contributed by atoms with Crippen molar-refractivity contribution in [3.05, 3.63) is 95.1 Å². The molecule has 1 fully saturated rings. The summed E-state index contributed by atoms with van der Waals surface area (Å²) in [6.45, 7) is 1.77. The highest BCUT2D eigenvalue weighted by Gasteiger charge is 2.25. The number of hydrogen-bond acceptors (Lipinski definition) is 5. The zero-order chi connectivity index (χ0) is 28.7. The number of carboxylic acid groups (broad SMARTS) is 2. The molecule has 0 radical (unpaired) electrons. The number of thiocarbonyl (C=S) groups is 1. The van der Waals surface area contributed by atoms with Crippen molar-refractivity contribution in [1.29, 1.82) is 0 Å². The van der Waals surface area contributed by atoms with Gasteiger partial charge in [-0.15, -0.1) is 0 Å². The fourth-order valence-corrected chi connectivity index (χ4v) is 4.44. The summed E-state index contributed by atoms with van der Waals surface area (Å²) in [4.78, 5) is 37.4. The zero-order valence-electron chi connectivity index (χ0n) is 21.0. The summed E-state index contributed by atoms with van der Waals surface area (Å²) in [5, 5.41) is 17.0. The smallest absolute Gasteiger partial charge is 0.336 e. The molecule has 8 nitrogen and oxygen atoms in total. The minimum atomic E-state index is -1.23. The number of hydrogen-bond donors (Lipinski definition) is 3. The summed E-state index contributed by atoms with van der Waals surface area (Å²) in [6, 6.07) is 15.4. The van der Waals surface area contributed by atoms with Crippen LogP contribution in [0.4, 0.5) is 20.2 Å². The Bertz CT molecular complexity index is 1340. The highest BCUT2D eigenvalue weighted by molar-refractivity contribution is 7.80. The SMILES string of the molecule is CN1CCC(C(=O)c2cccc(N(C(N)=S)c3cc(F)cc(F)c3)c2)CC1.O=C(O)c1ccccc1C(=O)O. The lowest BCUT2D eigenvalue weighted by Gasteiger charge is -2.28. The van der Waals surface area contributed by atoms with Crippen molar-refractivity contribution in [3.8, 4) is 0 Å². The van der Waals surface area contributed by atoms with Crippen molar-refractivity contribution in [2.24, 2.45) is 11.7 Å². The standard InChI is InChI=1S/C20H21F2N3OS.C8H6O4/c1-24-7-5-13(6-8-24)19(26)14-3-2-4-17(9-14)25(20(23)27)18-11-15(21)10-16(22)12-18;9-7(10)5-3-1-2-4-6(5)8(11)12/h2-4,9-13H,5-8H2,1H3,(H2,23,27);1-4H,(H,9,10)(H,11,12). The topological polar surface area (TPSA) is 124 Å². The van der Waals surface area contributed by atoms with E-state index in [4.69, 9.17) is 28.2 Å². The molecule has 0 atom stereocenters. The van der Waals surface area contributed by atoms with Crippen LogP contribution in [0.15, 0.2) is 66.7 Å². The van der Waals surface area contributed by atoms with Gasteiger partial charge in [-0.05, 0) is 81.6 Å². The van der Waals surface area contributed by atoms with Crippen LogP contribution in [-0.2, 0) is 0 Å². The van der Waals surface area contributed by atoms with Crippen LogP contribution in [0.25, 0.3) is 0 Å². The van der Waals surface area contributed by atoms with Gasteiger partial charge in [-0.1, -0.05) is 24.3 Å². The second-order valence-electron chi connectivity index (χ2n) is 8.95. The van der Waals surface area contributed by atoms with Crippen LogP contribution in [0.5, 0.6) is 0 Å². The normalized spacial score (nSPS) is 13.6. The van der Waals surface area contributed by atoms with E-state index in [-0.39, 0.29) is 33.6 Å². The van der Waals surface area contributed by atoms with Gasteiger partial charge in [0.25, 0.3) is 0 Å². The first-order valence-electron chi connectivity index (χ1n) is 11.9. The molecule has 4 rings (SSSR count). The number of Topliss-reactive ketones (excluding diaryl/α,β-unsaturated/α-hetero) is 1. The molecule has 0 aromatic heterocycles. The maximum atomic E-state index is 13.6. The Balaban J connectivity index is 0.000000293. The number of carbonyl (C=O) groups excluding carboxylic acids is 1. The van der Waals surface area contributed by atoms with Gasteiger partial charge >= 0.3 is 11.9 Å². The first kappa shape index (κ1) is 29.3. The summed E-state index contributed by atoms with van der Waals surface area (Å²) >= 11 is 5.08. The van der Waals surface area contributed by atoms with Crippen LogP contribution >= 0.6 is 12.2 Å². The zero-order valence-corrected chi connectivity index (χ0v) is 21.8. The minimum Gasteiger partial charge on any atom is -0.478 e. The van der Waals surface area contributed by atoms with Crippen LogP contribution in [-0.4, -0.2) is 58.1 Å². The molecule has 3 aromatic rings. The first-order chi connectivity index (χ1) is 18.5. The van der Waals surface area contributed by atoms with Gasteiger partial charge in [-0.3, -0.25) is 9.69 Å². The lowest BCUT2D eigenvalue weighted by Crippen LogP contribution is -2.34. The maximum absolute atomic E-state index is 13.6. The number of nitrogens with zero attached hydrogens (tertiary/aromatic N) is 2. The number of piperidine rings is 1. The van der Waals surface area contributed by atoms with Crippen molar-refractivity contribution < 1.29 is 33.4 Å². The number of carboxylic acids is 2. The Kier molecular flexibility index (Phi) is 9.80. The predicted molar refractivity (Wildman–Crippen MR) is 147 cm³/mol. The largest absolute Gasteiger partial charge is 0.478 e. The fraction of sp³-hybridized carbons (Fsp3) is 0.214. The summed E-state index contributed by atoms with van der Waals surface area (Å²) < 4.78 is 27.3. The number of carbonyl (C=O) groups is 3. The summed E-state index contributed by atoms with van der Waals surface area (Å²) in [6.07, 6.45) is 1.63. The van der Waals surface area contributed by atoms with Crippen molar-refractivity contribution in [2.45, 2.75) is 12.8 Å². The Morgan fingerprint density at radius 1 is 0.872 bits per heavy atom. The highest BCUT2D eigenvalue weighted by atomic mass is 32.1. The molecular weight excluding hydrogens is 528 g/mol. The number of likely N-dealkylation sites (tertiary alicyclic amines) is 1. The van der Waals surface area contributed by atoms with E-state index in [1.165, 1.54) is 29.2 Å². The third kappa shape index (κ3) is 7.65. The number of rotatable bonds is 6. The van der Waals surface area contributed by atoms with Gasteiger partial charge in [0, 0.05) is 23.2 Å².